The Morgan fingerprint density at radius 3 is 2.48 bits per heavy atom. The third-order valence-corrected chi connectivity index (χ3v) is 6.06. The zero-order valence-corrected chi connectivity index (χ0v) is 15.5. The van der Waals surface area contributed by atoms with Crippen molar-refractivity contribution in [1.82, 2.24) is 5.01 Å². The lowest BCUT2D eigenvalue weighted by Crippen LogP contribution is -2.28. The summed E-state index contributed by atoms with van der Waals surface area (Å²) in [5.41, 5.74) is 1.14. The van der Waals surface area contributed by atoms with E-state index in [9.17, 15) is 19.7 Å². The molecule has 2 amide bonds. The maximum Gasteiger partial charge on any atom is 0.273 e. The van der Waals surface area contributed by atoms with Crippen molar-refractivity contribution in [2.75, 3.05) is 0 Å². The molecule has 0 unspecified atom stereocenters. The van der Waals surface area contributed by atoms with E-state index in [-0.39, 0.29) is 41.2 Å². The highest BCUT2D eigenvalue weighted by Gasteiger charge is 2.59. The topological polar surface area (TPSA) is 106 Å². The van der Waals surface area contributed by atoms with Crippen molar-refractivity contribution >= 4 is 23.7 Å². The molecule has 1 saturated carbocycles. The number of carbonyl (C=O) groups is 2. The average Bonchev–Trinajstić information content (AvgIpc) is 3.46. The molecule has 2 bridgehead atoms. The summed E-state index contributed by atoms with van der Waals surface area (Å²) >= 11 is 0. The minimum Gasteiger partial charge on any atom is -0.455 e. The van der Waals surface area contributed by atoms with E-state index >= 15 is 0 Å². The molecule has 0 radical (unpaired) electrons. The first kappa shape index (κ1) is 17.5. The van der Waals surface area contributed by atoms with Crippen LogP contribution in [0, 0.1) is 40.7 Å². The van der Waals surface area contributed by atoms with Crippen molar-refractivity contribution < 1.29 is 18.9 Å². The molecule has 8 nitrogen and oxygen atoms in total. The van der Waals surface area contributed by atoms with Gasteiger partial charge in [-0.25, -0.2) is 0 Å². The van der Waals surface area contributed by atoms with Crippen molar-refractivity contribution in [2.24, 2.45) is 28.8 Å². The molecule has 0 spiro atoms. The number of furan rings is 1. The molecule has 4 atom stereocenters. The Hall–Kier alpha value is -3.55. The van der Waals surface area contributed by atoms with E-state index in [0.29, 0.717) is 22.6 Å². The molecule has 8 heteroatoms. The van der Waals surface area contributed by atoms with Gasteiger partial charge in [-0.15, -0.1) is 0 Å². The van der Waals surface area contributed by atoms with Gasteiger partial charge in [0.05, 0.1) is 23.0 Å². The number of allylic oxidation sites excluding steroid dienone is 2. The predicted molar refractivity (Wildman–Crippen MR) is 103 cm³/mol. The van der Waals surface area contributed by atoms with Crippen LogP contribution in [0.1, 0.15) is 17.7 Å². The second-order valence-electron chi connectivity index (χ2n) is 7.69. The Morgan fingerprint density at radius 1 is 1.14 bits per heavy atom. The Morgan fingerprint density at radius 2 is 1.83 bits per heavy atom. The SMILES string of the molecule is Cc1ccc(-c2ccc(/C=N\N3C(=O)[C@@H]4[C@@H](C3=O)[C@H]3C=C[C@H]4C3)o2)cc1[N+](=O)[O-]. The number of benzene rings is 1. The quantitative estimate of drug-likeness (QED) is 0.261. The molecule has 1 aromatic carbocycles. The van der Waals surface area contributed by atoms with Crippen LogP contribution in [0.3, 0.4) is 0 Å². The summed E-state index contributed by atoms with van der Waals surface area (Å²) in [7, 11) is 0. The number of nitro groups is 1. The number of hydrazone groups is 1. The standard InChI is InChI=1S/C21H17N3O5/c1-11-2-3-12(9-16(11)24(27)28)17-7-6-15(29-17)10-22-23-20(25)18-13-4-5-14(8-13)19(18)21(23)26/h2-7,9-10,13-14,18-19H,8H2,1H3/b22-10-/t13-,14-,18-,19-/m0/s1. The number of hydrogen-bond donors (Lipinski definition) is 0. The molecule has 2 aliphatic carbocycles. The van der Waals surface area contributed by atoms with E-state index < -0.39 is 4.92 Å². The van der Waals surface area contributed by atoms with E-state index in [0.717, 1.165) is 11.4 Å². The van der Waals surface area contributed by atoms with E-state index in [1.165, 1.54) is 12.3 Å². The second-order valence-corrected chi connectivity index (χ2v) is 7.69. The van der Waals surface area contributed by atoms with Crippen LogP contribution < -0.4 is 0 Å². The highest BCUT2D eigenvalue weighted by atomic mass is 16.6. The molecule has 1 saturated heterocycles. The molecular weight excluding hydrogens is 374 g/mol. The summed E-state index contributed by atoms with van der Waals surface area (Å²) < 4.78 is 5.69. The van der Waals surface area contributed by atoms with Gasteiger partial charge in [-0.3, -0.25) is 19.7 Å². The van der Waals surface area contributed by atoms with Gasteiger partial charge in [0.1, 0.15) is 11.5 Å². The van der Waals surface area contributed by atoms with Crippen LogP contribution in [0.2, 0.25) is 0 Å². The number of aryl methyl sites for hydroxylation is 1. The second kappa shape index (κ2) is 6.23. The number of fused-ring (bicyclic) bond motifs is 5. The summed E-state index contributed by atoms with van der Waals surface area (Å²) in [6, 6.07) is 8.16. The molecular formula is C21H17N3O5. The predicted octanol–water partition coefficient (Wildman–Crippen LogP) is 3.30. The van der Waals surface area contributed by atoms with Gasteiger partial charge < -0.3 is 4.42 Å². The number of carbonyl (C=O) groups excluding carboxylic acids is 2. The minimum absolute atomic E-state index is 0.0113. The van der Waals surface area contributed by atoms with Crippen LogP contribution in [-0.4, -0.2) is 28.0 Å². The van der Waals surface area contributed by atoms with Gasteiger partial charge in [0.25, 0.3) is 17.5 Å². The Bertz CT molecular complexity index is 1090. The summed E-state index contributed by atoms with van der Waals surface area (Å²) in [5, 5.41) is 16.2. The summed E-state index contributed by atoms with van der Waals surface area (Å²) in [6.07, 6.45) is 6.26. The van der Waals surface area contributed by atoms with E-state index in [1.807, 2.05) is 12.2 Å². The lowest BCUT2D eigenvalue weighted by molar-refractivity contribution is -0.385. The number of nitrogens with zero attached hydrogens (tertiary/aromatic N) is 3. The Balaban J connectivity index is 1.37. The van der Waals surface area contributed by atoms with Crippen molar-refractivity contribution in [3.8, 4) is 11.3 Å². The first-order valence-corrected chi connectivity index (χ1v) is 9.39. The van der Waals surface area contributed by atoms with Gasteiger partial charge in [-0.05, 0) is 37.3 Å². The first-order chi connectivity index (χ1) is 13.9. The van der Waals surface area contributed by atoms with E-state index in [2.05, 4.69) is 5.10 Å². The number of imide groups is 1. The summed E-state index contributed by atoms with van der Waals surface area (Å²) in [6.45, 7) is 1.67. The molecule has 1 aliphatic heterocycles. The zero-order valence-electron chi connectivity index (χ0n) is 15.5. The number of hydrogen-bond acceptors (Lipinski definition) is 6. The fourth-order valence-electron chi connectivity index (χ4n) is 4.65. The van der Waals surface area contributed by atoms with E-state index in [4.69, 9.17) is 4.42 Å². The van der Waals surface area contributed by atoms with Gasteiger partial charge >= 0.3 is 0 Å². The number of rotatable bonds is 4. The maximum absolute atomic E-state index is 12.6. The third kappa shape index (κ3) is 2.63. The molecule has 2 fully saturated rings. The first-order valence-electron chi connectivity index (χ1n) is 9.39. The van der Waals surface area contributed by atoms with Crippen molar-refractivity contribution in [1.29, 1.82) is 0 Å². The molecule has 2 aromatic rings. The fraction of sp³-hybridized carbons (Fsp3) is 0.286. The maximum atomic E-state index is 12.6. The highest BCUT2D eigenvalue weighted by molar-refractivity contribution is 6.06. The molecule has 3 aliphatic rings. The van der Waals surface area contributed by atoms with Crippen LogP contribution in [-0.2, 0) is 9.59 Å². The van der Waals surface area contributed by atoms with Crippen LogP contribution >= 0.6 is 0 Å². The highest BCUT2D eigenvalue weighted by Crippen LogP contribution is 2.52. The fourth-order valence-corrected chi connectivity index (χ4v) is 4.65. The zero-order chi connectivity index (χ0) is 20.3. The van der Waals surface area contributed by atoms with Crippen molar-refractivity contribution in [3.63, 3.8) is 0 Å². The minimum atomic E-state index is -0.437. The van der Waals surface area contributed by atoms with Crippen molar-refractivity contribution in [2.45, 2.75) is 13.3 Å². The molecule has 0 N–H and O–H groups in total. The molecule has 1 aromatic heterocycles. The van der Waals surface area contributed by atoms with Crippen LogP contribution in [0.25, 0.3) is 11.3 Å². The average molecular weight is 391 g/mol. The largest absolute Gasteiger partial charge is 0.455 e. The molecule has 29 heavy (non-hydrogen) atoms. The van der Waals surface area contributed by atoms with Gasteiger partial charge in [0.2, 0.25) is 0 Å². The van der Waals surface area contributed by atoms with E-state index in [1.54, 1.807) is 31.2 Å². The lowest BCUT2D eigenvalue weighted by Gasteiger charge is -2.13. The van der Waals surface area contributed by atoms with Crippen LogP contribution in [0.4, 0.5) is 5.69 Å². The molecule has 5 rings (SSSR count). The monoisotopic (exact) mass is 391 g/mol. The Kier molecular flexibility index (Phi) is 3.77. The normalized spacial score (nSPS) is 27.4. The number of amides is 2. The summed E-state index contributed by atoms with van der Waals surface area (Å²) in [5.74, 6) is -0.0500. The Labute approximate surface area is 165 Å². The van der Waals surface area contributed by atoms with Gasteiger partial charge in [-0.2, -0.15) is 10.1 Å². The molecule has 146 valence electrons. The lowest BCUT2D eigenvalue weighted by atomic mass is 9.85. The summed E-state index contributed by atoms with van der Waals surface area (Å²) in [4.78, 5) is 36.0. The van der Waals surface area contributed by atoms with Crippen LogP contribution in [0.15, 0.2) is 52.0 Å². The molecule has 2 heterocycles. The number of nitro benzene ring substituents is 1. The van der Waals surface area contributed by atoms with Gasteiger partial charge in [-0.1, -0.05) is 24.3 Å². The van der Waals surface area contributed by atoms with Crippen LogP contribution in [0.5, 0.6) is 0 Å². The smallest absolute Gasteiger partial charge is 0.273 e. The third-order valence-electron chi connectivity index (χ3n) is 6.06. The van der Waals surface area contributed by atoms with Gasteiger partial charge in [0, 0.05) is 17.2 Å². The van der Waals surface area contributed by atoms with Crippen molar-refractivity contribution in [3.05, 3.63) is 63.9 Å². The van der Waals surface area contributed by atoms with Gasteiger partial charge in [0.15, 0.2) is 0 Å².